The first-order valence-corrected chi connectivity index (χ1v) is 6.64. The summed E-state index contributed by atoms with van der Waals surface area (Å²) in [5.41, 5.74) is 0. The molecule has 1 heterocycles. The van der Waals surface area contributed by atoms with E-state index in [-0.39, 0.29) is 11.8 Å². The molecule has 0 saturated heterocycles. The van der Waals surface area contributed by atoms with Crippen molar-refractivity contribution < 1.29 is 14.7 Å². The van der Waals surface area contributed by atoms with Crippen LogP contribution in [0.1, 0.15) is 25.7 Å². The number of rotatable bonds is 6. The fraction of sp³-hybridized carbons (Fsp3) is 0.615. The summed E-state index contributed by atoms with van der Waals surface area (Å²) >= 11 is 0. The molecule has 2 N–H and O–H groups in total. The molecule has 104 valence electrons. The van der Waals surface area contributed by atoms with E-state index in [9.17, 15) is 9.59 Å². The summed E-state index contributed by atoms with van der Waals surface area (Å²) in [6.45, 7) is 1.37. The maximum atomic E-state index is 11.9. The lowest BCUT2D eigenvalue weighted by Crippen LogP contribution is -2.36. The second kappa shape index (κ2) is 6.36. The van der Waals surface area contributed by atoms with Crippen molar-refractivity contribution in [1.82, 2.24) is 14.9 Å². The number of aromatic nitrogens is 2. The maximum absolute atomic E-state index is 11.9. The van der Waals surface area contributed by atoms with Gasteiger partial charge < -0.3 is 15.0 Å². The number of aliphatic carboxylic acids is 1. The monoisotopic (exact) mass is 265 g/mol. The van der Waals surface area contributed by atoms with Crippen LogP contribution in [0.2, 0.25) is 0 Å². The van der Waals surface area contributed by atoms with Crippen molar-refractivity contribution in [3.8, 4) is 0 Å². The number of hydrogen-bond donors (Lipinski definition) is 2. The molecule has 1 fully saturated rings. The van der Waals surface area contributed by atoms with Gasteiger partial charge in [0.1, 0.15) is 0 Å². The van der Waals surface area contributed by atoms with E-state index in [1.807, 2.05) is 10.8 Å². The van der Waals surface area contributed by atoms with Crippen LogP contribution in [0.5, 0.6) is 0 Å². The lowest BCUT2D eigenvalue weighted by Gasteiger charge is -2.15. The van der Waals surface area contributed by atoms with Crippen LogP contribution in [0.3, 0.4) is 0 Å². The highest BCUT2D eigenvalue weighted by atomic mass is 16.4. The van der Waals surface area contributed by atoms with E-state index in [1.165, 1.54) is 0 Å². The number of carboxylic acid groups (broad SMARTS) is 1. The Labute approximate surface area is 111 Å². The third-order valence-electron chi connectivity index (χ3n) is 3.62. The molecule has 0 aromatic carbocycles. The second-order valence-electron chi connectivity index (χ2n) is 4.93. The first-order chi connectivity index (χ1) is 9.18. The van der Waals surface area contributed by atoms with Crippen LogP contribution in [0.4, 0.5) is 0 Å². The third kappa shape index (κ3) is 3.56. The summed E-state index contributed by atoms with van der Waals surface area (Å²) in [5, 5.41) is 11.9. The first-order valence-electron chi connectivity index (χ1n) is 6.64. The van der Waals surface area contributed by atoms with Crippen molar-refractivity contribution in [2.45, 2.75) is 32.2 Å². The van der Waals surface area contributed by atoms with Crippen molar-refractivity contribution in [3.05, 3.63) is 18.7 Å². The molecule has 2 rings (SSSR count). The number of carbonyl (C=O) groups is 2. The Balaban J connectivity index is 1.70. The summed E-state index contributed by atoms with van der Waals surface area (Å²) < 4.78 is 1.95. The van der Waals surface area contributed by atoms with E-state index < -0.39 is 11.9 Å². The topological polar surface area (TPSA) is 84.2 Å². The van der Waals surface area contributed by atoms with E-state index in [0.29, 0.717) is 19.4 Å². The van der Waals surface area contributed by atoms with Gasteiger partial charge in [-0.05, 0) is 19.3 Å². The third-order valence-corrected chi connectivity index (χ3v) is 3.62. The second-order valence-corrected chi connectivity index (χ2v) is 4.93. The van der Waals surface area contributed by atoms with E-state index in [2.05, 4.69) is 10.3 Å². The molecule has 0 aliphatic heterocycles. The fourth-order valence-corrected chi connectivity index (χ4v) is 2.59. The van der Waals surface area contributed by atoms with Crippen LogP contribution in [0.15, 0.2) is 18.7 Å². The lowest BCUT2D eigenvalue weighted by molar-refractivity contribution is -0.146. The first kappa shape index (κ1) is 13.6. The Morgan fingerprint density at radius 2 is 2.16 bits per heavy atom. The minimum atomic E-state index is -0.851. The molecular weight excluding hydrogens is 246 g/mol. The molecule has 0 radical (unpaired) electrons. The normalized spacial score (nSPS) is 22.3. The Kier molecular flexibility index (Phi) is 4.54. The minimum Gasteiger partial charge on any atom is -0.481 e. The summed E-state index contributed by atoms with van der Waals surface area (Å²) in [6, 6.07) is 0. The molecule has 0 bridgehead atoms. The molecule has 2 atom stereocenters. The molecule has 1 aliphatic rings. The highest BCUT2D eigenvalue weighted by molar-refractivity contribution is 5.85. The maximum Gasteiger partial charge on any atom is 0.307 e. The number of aryl methyl sites for hydroxylation is 1. The van der Waals surface area contributed by atoms with Crippen LogP contribution >= 0.6 is 0 Å². The van der Waals surface area contributed by atoms with Crippen LogP contribution in [-0.2, 0) is 16.1 Å². The van der Waals surface area contributed by atoms with Gasteiger partial charge in [-0.3, -0.25) is 9.59 Å². The summed E-state index contributed by atoms with van der Waals surface area (Å²) in [4.78, 5) is 26.9. The standard InChI is InChI=1S/C13H19N3O3/c17-12(10-3-1-4-11(10)13(18)19)15-5-2-7-16-8-6-14-9-16/h6,8-11H,1-5,7H2,(H,15,17)(H,18,19)/t10-,11+/m1/s1. The molecule has 1 aromatic heterocycles. The van der Waals surface area contributed by atoms with Gasteiger partial charge in [0.05, 0.1) is 18.2 Å². The van der Waals surface area contributed by atoms with Crippen LogP contribution in [0, 0.1) is 11.8 Å². The molecule has 1 aromatic rings. The van der Waals surface area contributed by atoms with E-state index in [4.69, 9.17) is 5.11 Å². The molecular formula is C13H19N3O3. The highest BCUT2D eigenvalue weighted by Gasteiger charge is 2.37. The zero-order valence-corrected chi connectivity index (χ0v) is 10.8. The van der Waals surface area contributed by atoms with Gasteiger partial charge in [-0.1, -0.05) is 6.42 Å². The largest absolute Gasteiger partial charge is 0.481 e. The number of hydrogen-bond acceptors (Lipinski definition) is 3. The van der Waals surface area contributed by atoms with E-state index >= 15 is 0 Å². The molecule has 0 spiro atoms. The zero-order valence-electron chi connectivity index (χ0n) is 10.8. The molecule has 1 saturated carbocycles. The summed E-state index contributed by atoms with van der Waals surface area (Å²) in [7, 11) is 0. The van der Waals surface area contributed by atoms with Gasteiger partial charge in [0.15, 0.2) is 0 Å². The smallest absolute Gasteiger partial charge is 0.307 e. The zero-order chi connectivity index (χ0) is 13.7. The number of carbonyl (C=O) groups excluding carboxylic acids is 1. The van der Waals surface area contributed by atoms with Gasteiger partial charge in [0.25, 0.3) is 0 Å². The van der Waals surface area contributed by atoms with Crippen molar-refractivity contribution in [2.24, 2.45) is 11.8 Å². The number of imidazole rings is 1. The van der Waals surface area contributed by atoms with E-state index in [0.717, 1.165) is 19.4 Å². The minimum absolute atomic E-state index is 0.115. The fourth-order valence-electron chi connectivity index (χ4n) is 2.59. The number of carboxylic acids is 1. The van der Waals surface area contributed by atoms with Crippen LogP contribution in [-0.4, -0.2) is 33.1 Å². The summed E-state index contributed by atoms with van der Waals surface area (Å²) in [6.07, 6.45) is 8.26. The molecule has 1 aliphatic carbocycles. The van der Waals surface area contributed by atoms with Gasteiger partial charge in [0, 0.05) is 25.5 Å². The Morgan fingerprint density at radius 1 is 1.37 bits per heavy atom. The number of nitrogens with one attached hydrogen (secondary N) is 1. The molecule has 1 amide bonds. The number of amides is 1. The lowest BCUT2D eigenvalue weighted by atomic mass is 9.95. The van der Waals surface area contributed by atoms with Gasteiger partial charge in [-0.25, -0.2) is 4.98 Å². The van der Waals surface area contributed by atoms with Crippen LogP contribution in [0.25, 0.3) is 0 Å². The average molecular weight is 265 g/mol. The predicted molar refractivity (Wildman–Crippen MR) is 68.3 cm³/mol. The Morgan fingerprint density at radius 3 is 2.84 bits per heavy atom. The van der Waals surface area contributed by atoms with Gasteiger partial charge >= 0.3 is 5.97 Å². The average Bonchev–Trinajstić information content (AvgIpc) is 3.04. The van der Waals surface area contributed by atoms with Crippen molar-refractivity contribution in [1.29, 1.82) is 0 Å². The van der Waals surface area contributed by atoms with Crippen molar-refractivity contribution in [3.63, 3.8) is 0 Å². The van der Waals surface area contributed by atoms with Gasteiger partial charge in [-0.15, -0.1) is 0 Å². The molecule has 6 heteroatoms. The SMILES string of the molecule is O=C(O)[C@H]1CCC[C@H]1C(=O)NCCCn1ccnc1. The Hall–Kier alpha value is -1.85. The number of nitrogens with zero attached hydrogens (tertiary/aromatic N) is 2. The van der Waals surface area contributed by atoms with Gasteiger partial charge in [0.2, 0.25) is 5.91 Å². The van der Waals surface area contributed by atoms with Crippen LogP contribution < -0.4 is 5.32 Å². The Bertz CT molecular complexity index is 430. The van der Waals surface area contributed by atoms with E-state index in [1.54, 1.807) is 12.5 Å². The predicted octanol–water partition coefficient (Wildman–Crippen LogP) is 0.890. The van der Waals surface area contributed by atoms with Crippen molar-refractivity contribution in [2.75, 3.05) is 6.54 Å². The molecule has 0 unspecified atom stereocenters. The van der Waals surface area contributed by atoms with Crippen molar-refractivity contribution >= 4 is 11.9 Å². The molecule has 6 nitrogen and oxygen atoms in total. The molecule has 19 heavy (non-hydrogen) atoms. The van der Waals surface area contributed by atoms with Gasteiger partial charge in [-0.2, -0.15) is 0 Å². The quantitative estimate of drug-likeness (QED) is 0.748. The highest BCUT2D eigenvalue weighted by Crippen LogP contribution is 2.31. The summed E-state index contributed by atoms with van der Waals surface area (Å²) in [5.74, 6) is -1.83.